The Labute approximate surface area is 83.9 Å². The lowest BCUT2D eigenvalue weighted by Gasteiger charge is -2.36. The van der Waals surface area contributed by atoms with E-state index in [0.29, 0.717) is 12.3 Å². The Bertz CT molecular complexity index is 199. The van der Waals surface area contributed by atoms with E-state index >= 15 is 0 Å². The number of carboxylic acid groups (broad SMARTS) is 1. The Morgan fingerprint density at radius 1 is 1.64 bits per heavy atom. The SMILES string of the molecule is CCC1CCN(CCF)C(C(=O)O)C1. The summed E-state index contributed by atoms with van der Waals surface area (Å²) in [5.74, 6) is -0.316. The molecule has 1 fully saturated rings. The highest BCUT2D eigenvalue weighted by atomic mass is 19.1. The van der Waals surface area contributed by atoms with Gasteiger partial charge in [-0.15, -0.1) is 0 Å². The maximum Gasteiger partial charge on any atom is 0.320 e. The van der Waals surface area contributed by atoms with Crippen LogP contribution in [-0.2, 0) is 4.79 Å². The van der Waals surface area contributed by atoms with E-state index in [2.05, 4.69) is 6.92 Å². The number of halogens is 1. The third kappa shape index (κ3) is 2.67. The summed E-state index contributed by atoms with van der Waals surface area (Å²) >= 11 is 0. The number of carboxylic acids is 1. The van der Waals surface area contributed by atoms with Crippen LogP contribution < -0.4 is 0 Å². The Morgan fingerprint density at radius 2 is 2.36 bits per heavy atom. The van der Waals surface area contributed by atoms with E-state index in [4.69, 9.17) is 5.11 Å². The molecular formula is C10H18FNO2. The van der Waals surface area contributed by atoms with Gasteiger partial charge in [0, 0.05) is 6.54 Å². The van der Waals surface area contributed by atoms with Gasteiger partial charge in [0.25, 0.3) is 0 Å². The lowest BCUT2D eigenvalue weighted by Crippen LogP contribution is -2.47. The first-order valence-electron chi connectivity index (χ1n) is 5.21. The fourth-order valence-electron chi connectivity index (χ4n) is 2.09. The lowest BCUT2D eigenvalue weighted by molar-refractivity contribution is -0.145. The molecule has 0 amide bonds. The van der Waals surface area contributed by atoms with Gasteiger partial charge < -0.3 is 5.11 Å². The minimum atomic E-state index is -0.809. The van der Waals surface area contributed by atoms with Crippen molar-refractivity contribution in [1.29, 1.82) is 0 Å². The molecule has 4 heteroatoms. The number of likely N-dealkylation sites (tertiary alicyclic amines) is 1. The lowest BCUT2D eigenvalue weighted by atomic mass is 9.89. The molecule has 1 heterocycles. The monoisotopic (exact) mass is 203 g/mol. The van der Waals surface area contributed by atoms with Crippen molar-refractivity contribution in [3.63, 3.8) is 0 Å². The summed E-state index contributed by atoms with van der Waals surface area (Å²) in [5, 5.41) is 8.98. The third-order valence-electron chi connectivity index (χ3n) is 3.06. The fraction of sp³-hybridized carbons (Fsp3) is 0.900. The van der Waals surface area contributed by atoms with Gasteiger partial charge in [-0.2, -0.15) is 0 Å². The van der Waals surface area contributed by atoms with Gasteiger partial charge in [0.15, 0.2) is 0 Å². The molecule has 14 heavy (non-hydrogen) atoms. The van der Waals surface area contributed by atoms with Crippen LogP contribution in [0.15, 0.2) is 0 Å². The highest BCUT2D eigenvalue weighted by Crippen LogP contribution is 2.25. The summed E-state index contributed by atoms with van der Waals surface area (Å²) in [6, 6.07) is -0.468. The zero-order chi connectivity index (χ0) is 10.6. The fourth-order valence-corrected chi connectivity index (χ4v) is 2.09. The summed E-state index contributed by atoms with van der Waals surface area (Å²) in [6.45, 7) is 2.60. The van der Waals surface area contributed by atoms with Gasteiger partial charge in [-0.25, -0.2) is 4.39 Å². The predicted octanol–water partition coefficient (Wildman–Crippen LogP) is 1.53. The van der Waals surface area contributed by atoms with Crippen LogP contribution in [0.3, 0.4) is 0 Å². The van der Waals surface area contributed by atoms with Crippen molar-refractivity contribution in [3.8, 4) is 0 Å². The second kappa shape index (κ2) is 5.29. The molecule has 0 aromatic heterocycles. The van der Waals surface area contributed by atoms with E-state index in [1.165, 1.54) is 0 Å². The van der Waals surface area contributed by atoms with Gasteiger partial charge in [-0.1, -0.05) is 13.3 Å². The summed E-state index contributed by atoms with van der Waals surface area (Å²) in [5.41, 5.74) is 0. The highest BCUT2D eigenvalue weighted by Gasteiger charge is 2.32. The van der Waals surface area contributed by atoms with E-state index in [-0.39, 0.29) is 6.54 Å². The van der Waals surface area contributed by atoms with Crippen LogP contribution in [0, 0.1) is 5.92 Å². The van der Waals surface area contributed by atoms with E-state index in [0.717, 1.165) is 19.4 Å². The average Bonchev–Trinajstić information content (AvgIpc) is 2.18. The molecule has 1 aliphatic rings. The van der Waals surface area contributed by atoms with Crippen LogP contribution in [0.1, 0.15) is 26.2 Å². The van der Waals surface area contributed by atoms with Crippen molar-refractivity contribution in [2.75, 3.05) is 19.8 Å². The minimum absolute atomic E-state index is 0.257. The van der Waals surface area contributed by atoms with Crippen LogP contribution in [0.4, 0.5) is 4.39 Å². The van der Waals surface area contributed by atoms with Crippen molar-refractivity contribution in [3.05, 3.63) is 0 Å². The van der Waals surface area contributed by atoms with Gasteiger partial charge in [0.2, 0.25) is 0 Å². The maximum atomic E-state index is 12.2. The zero-order valence-electron chi connectivity index (χ0n) is 8.58. The molecule has 3 nitrogen and oxygen atoms in total. The first-order chi connectivity index (χ1) is 6.69. The average molecular weight is 203 g/mol. The number of aliphatic carboxylic acids is 1. The Morgan fingerprint density at radius 3 is 2.86 bits per heavy atom. The largest absolute Gasteiger partial charge is 0.480 e. The van der Waals surface area contributed by atoms with Gasteiger partial charge in [0.1, 0.15) is 12.7 Å². The maximum absolute atomic E-state index is 12.2. The zero-order valence-corrected chi connectivity index (χ0v) is 8.58. The molecule has 1 rings (SSSR count). The molecule has 0 radical (unpaired) electrons. The number of alkyl halides is 1. The Hall–Kier alpha value is -0.640. The number of carbonyl (C=O) groups is 1. The number of nitrogens with zero attached hydrogens (tertiary/aromatic N) is 1. The molecule has 0 saturated carbocycles. The summed E-state index contributed by atoms with van der Waals surface area (Å²) in [6.07, 6.45) is 2.69. The molecular weight excluding hydrogens is 185 g/mol. The quantitative estimate of drug-likeness (QED) is 0.753. The Balaban J connectivity index is 2.56. The summed E-state index contributed by atoms with van der Waals surface area (Å²) < 4.78 is 12.2. The molecule has 1 N–H and O–H groups in total. The van der Waals surface area contributed by atoms with E-state index in [9.17, 15) is 9.18 Å². The van der Waals surface area contributed by atoms with E-state index < -0.39 is 18.7 Å². The van der Waals surface area contributed by atoms with Crippen LogP contribution in [0.2, 0.25) is 0 Å². The molecule has 0 aromatic rings. The molecule has 0 bridgehead atoms. The molecule has 1 saturated heterocycles. The topological polar surface area (TPSA) is 40.5 Å². The molecule has 82 valence electrons. The standard InChI is InChI=1S/C10H18FNO2/c1-2-8-3-5-12(6-4-11)9(7-8)10(13)14/h8-9H,2-7H2,1H3,(H,13,14). The molecule has 2 unspecified atom stereocenters. The smallest absolute Gasteiger partial charge is 0.320 e. The van der Waals surface area contributed by atoms with Gasteiger partial charge >= 0.3 is 5.97 Å². The minimum Gasteiger partial charge on any atom is -0.480 e. The van der Waals surface area contributed by atoms with Crippen molar-refractivity contribution in [1.82, 2.24) is 4.90 Å². The molecule has 0 aromatic carbocycles. The van der Waals surface area contributed by atoms with Crippen molar-refractivity contribution < 1.29 is 14.3 Å². The number of hydrogen-bond acceptors (Lipinski definition) is 2. The van der Waals surface area contributed by atoms with Crippen molar-refractivity contribution in [2.24, 2.45) is 5.92 Å². The van der Waals surface area contributed by atoms with E-state index in [1.54, 1.807) is 4.90 Å². The normalized spacial score (nSPS) is 29.0. The summed E-state index contributed by atoms with van der Waals surface area (Å²) in [4.78, 5) is 12.7. The van der Waals surface area contributed by atoms with Crippen LogP contribution in [0.25, 0.3) is 0 Å². The predicted molar refractivity (Wildman–Crippen MR) is 52.0 cm³/mol. The number of rotatable bonds is 4. The van der Waals surface area contributed by atoms with Crippen molar-refractivity contribution >= 4 is 5.97 Å². The molecule has 1 aliphatic heterocycles. The first kappa shape index (κ1) is 11.4. The number of piperidine rings is 1. The third-order valence-corrected chi connectivity index (χ3v) is 3.06. The summed E-state index contributed by atoms with van der Waals surface area (Å²) in [7, 11) is 0. The van der Waals surface area contributed by atoms with Gasteiger partial charge in [-0.05, 0) is 25.3 Å². The molecule has 2 atom stereocenters. The number of hydrogen-bond donors (Lipinski definition) is 1. The second-order valence-electron chi connectivity index (χ2n) is 3.88. The van der Waals surface area contributed by atoms with Crippen LogP contribution in [-0.4, -0.2) is 41.8 Å². The van der Waals surface area contributed by atoms with Crippen molar-refractivity contribution in [2.45, 2.75) is 32.2 Å². The molecule has 0 aliphatic carbocycles. The van der Waals surface area contributed by atoms with Crippen LogP contribution >= 0.6 is 0 Å². The Kier molecular flexibility index (Phi) is 4.32. The van der Waals surface area contributed by atoms with Crippen LogP contribution in [0.5, 0.6) is 0 Å². The first-order valence-corrected chi connectivity index (χ1v) is 5.21. The highest BCUT2D eigenvalue weighted by molar-refractivity contribution is 5.73. The second-order valence-corrected chi connectivity index (χ2v) is 3.88. The molecule has 0 spiro atoms. The van der Waals surface area contributed by atoms with E-state index in [1.807, 2.05) is 0 Å². The van der Waals surface area contributed by atoms with Gasteiger partial charge in [0.05, 0.1) is 0 Å². The van der Waals surface area contributed by atoms with Gasteiger partial charge in [-0.3, -0.25) is 9.69 Å².